The third-order valence-corrected chi connectivity index (χ3v) is 5.09. The quantitative estimate of drug-likeness (QED) is 0.685. The molecule has 1 N–H and O–H groups in total. The van der Waals surface area contributed by atoms with Crippen LogP contribution in [0, 0.1) is 0 Å². The van der Waals surface area contributed by atoms with Crippen molar-refractivity contribution in [1.82, 2.24) is 9.80 Å². The second-order valence-electron chi connectivity index (χ2n) is 6.60. The lowest BCUT2D eigenvalue weighted by molar-refractivity contribution is -0.125. The lowest BCUT2D eigenvalue weighted by atomic mass is 10.2. The van der Waals surface area contributed by atoms with Crippen molar-refractivity contribution in [2.75, 3.05) is 56.7 Å². The Kier molecular flexibility index (Phi) is 6.33. The summed E-state index contributed by atoms with van der Waals surface area (Å²) in [6.07, 6.45) is 0.661. The average Bonchev–Trinajstić information content (AvgIpc) is 2.88. The standard InChI is InChI=1S/C18H23BrN4O4/c1-21-12-17(25)23(18(21)26)6-2-3-16(24)20-14-11-13(19)4-5-15(14)22-7-9-27-10-8-22/h4-5,11H,2-3,6-10,12H2,1H3,(H,20,24). The Morgan fingerprint density at radius 2 is 2.00 bits per heavy atom. The van der Waals surface area contributed by atoms with Crippen LogP contribution in [-0.2, 0) is 14.3 Å². The molecule has 0 saturated carbocycles. The molecule has 3 rings (SSSR count). The Labute approximate surface area is 166 Å². The summed E-state index contributed by atoms with van der Waals surface area (Å²) < 4.78 is 6.27. The number of ether oxygens (including phenoxy) is 1. The minimum absolute atomic E-state index is 0.103. The van der Waals surface area contributed by atoms with Crippen LogP contribution in [0.25, 0.3) is 0 Å². The zero-order chi connectivity index (χ0) is 19.4. The second-order valence-corrected chi connectivity index (χ2v) is 7.51. The van der Waals surface area contributed by atoms with Crippen molar-refractivity contribution in [2.24, 2.45) is 0 Å². The molecule has 2 fully saturated rings. The van der Waals surface area contributed by atoms with E-state index >= 15 is 0 Å². The van der Waals surface area contributed by atoms with E-state index in [1.54, 1.807) is 7.05 Å². The van der Waals surface area contributed by atoms with Gasteiger partial charge in [-0.05, 0) is 24.6 Å². The number of amides is 4. The molecule has 0 atom stereocenters. The highest BCUT2D eigenvalue weighted by Crippen LogP contribution is 2.30. The van der Waals surface area contributed by atoms with Crippen molar-refractivity contribution in [3.63, 3.8) is 0 Å². The average molecular weight is 439 g/mol. The van der Waals surface area contributed by atoms with Crippen molar-refractivity contribution in [2.45, 2.75) is 12.8 Å². The number of rotatable bonds is 6. The fourth-order valence-corrected chi connectivity index (χ4v) is 3.55. The van der Waals surface area contributed by atoms with Gasteiger partial charge in [-0.3, -0.25) is 14.5 Å². The van der Waals surface area contributed by atoms with Gasteiger partial charge in [-0.1, -0.05) is 15.9 Å². The van der Waals surface area contributed by atoms with E-state index < -0.39 is 0 Å². The summed E-state index contributed by atoms with van der Waals surface area (Å²) in [6.45, 7) is 3.23. The van der Waals surface area contributed by atoms with Gasteiger partial charge in [-0.15, -0.1) is 0 Å². The van der Waals surface area contributed by atoms with Crippen molar-refractivity contribution in [1.29, 1.82) is 0 Å². The minimum Gasteiger partial charge on any atom is -0.378 e. The van der Waals surface area contributed by atoms with Crippen LogP contribution < -0.4 is 10.2 Å². The molecule has 1 aromatic rings. The second kappa shape index (κ2) is 8.71. The molecular formula is C18H23BrN4O4. The maximum Gasteiger partial charge on any atom is 0.326 e. The number of hydrogen-bond acceptors (Lipinski definition) is 5. The summed E-state index contributed by atoms with van der Waals surface area (Å²) in [7, 11) is 1.59. The van der Waals surface area contributed by atoms with Gasteiger partial charge in [0.15, 0.2) is 0 Å². The summed E-state index contributed by atoms with van der Waals surface area (Å²) >= 11 is 3.45. The van der Waals surface area contributed by atoms with E-state index in [0.717, 1.165) is 28.9 Å². The van der Waals surface area contributed by atoms with E-state index in [4.69, 9.17) is 4.74 Å². The number of nitrogens with one attached hydrogen (secondary N) is 1. The maximum absolute atomic E-state index is 12.4. The lowest BCUT2D eigenvalue weighted by Gasteiger charge is -2.30. The van der Waals surface area contributed by atoms with Crippen LogP contribution in [0.4, 0.5) is 16.2 Å². The monoisotopic (exact) mass is 438 g/mol. The first-order valence-electron chi connectivity index (χ1n) is 8.93. The minimum atomic E-state index is -0.304. The van der Waals surface area contributed by atoms with Gasteiger partial charge in [0.1, 0.15) is 6.54 Å². The Morgan fingerprint density at radius 3 is 2.67 bits per heavy atom. The molecule has 9 heteroatoms. The Balaban J connectivity index is 1.57. The van der Waals surface area contributed by atoms with Gasteiger partial charge in [0.05, 0.1) is 24.6 Å². The summed E-state index contributed by atoms with van der Waals surface area (Å²) in [4.78, 5) is 40.8. The molecule has 0 aromatic heterocycles. The number of halogens is 1. The van der Waals surface area contributed by atoms with Gasteiger partial charge >= 0.3 is 6.03 Å². The van der Waals surface area contributed by atoms with Gasteiger partial charge in [0.25, 0.3) is 0 Å². The molecule has 0 bridgehead atoms. The third-order valence-electron chi connectivity index (χ3n) is 4.60. The Hall–Kier alpha value is -2.13. The summed E-state index contributed by atoms with van der Waals surface area (Å²) in [5, 5.41) is 2.96. The number of imide groups is 1. The van der Waals surface area contributed by atoms with Crippen LogP contribution in [0.5, 0.6) is 0 Å². The number of hydrogen-bond donors (Lipinski definition) is 1. The van der Waals surface area contributed by atoms with Crippen molar-refractivity contribution in [3.8, 4) is 0 Å². The Morgan fingerprint density at radius 1 is 1.26 bits per heavy atom. The molecule has 2 aliphatic heterocycles. The zero-order valence-electron chi connectivity index (χ0n) is 15.2. The first-order chi connectivity index (χ1) is 13.0. The number of urea groups is 1. The number of carbonyl (C=O) groups excluding carboxylic acids is 3. The van der Waals surface area contributed by atoms with E-state index in [1.807, 2.05) is 18.2 Å². The van der Waals surface area contributed by atoms with Crippen LogP contribution in [0.2, 0.25) is 0 Å². The molecule has 27 heavy (non-hydrogen) atoms. The van der Waals surface area contributed by atoms with Crippen LogP contribution in [-0.4, -0.2) is 74.1 Å². The Bertz CT molecular complexity index is 736. The molecule has 2 heterocycles. The highest BCUT2D eigenvalue weighted by atomic mass is 79.9. The molecule has 0 aliphatic carbocycles. The molecule has 1 aromatic carbocycles. The predicted octanol–water partition coefficient (Wildman–Crippen LogP) is 1.90. The smallest absolute Gasteiger partial charge is 0.326 e. The van der Waals surface area contributed by atoms with E-state index in [1.165, 1.54) is 9.80 Å². The summed E-state index contributed by atoms with van der Waals surface area (Å²) in [6, 6.07) is 5.50. The van der Waals surface area contributed by atoms with Crippen LogP contribution in [0.15, 0.2) is 22.7 Å². The van der Waals surface area contributed by atoms with Crippen LogP contribution in [0.3, 0.4) is 0 Å². The zero-order valence-corrected chi connectivity index (χ0v) is 16.8. The first-order valence-corrected chi connectivity index (χ1v) is 9.72. The fraction of sp³-hybridized carbons (Fsp3) is 0.500. The highest BCUT2D eigenvalue weighted by molar-refractivity contribution is 9.10. The normalized spacial score (nSPS) is 17.6. The van der Waals surface area contributed by atoms with E-state index in [2.05, 4.69) is 26.1 Å². The molecule has 8 nitrogen and oxygen atoms in total. The van der Waals surface area contributed by atoms with Gasteiger partial charge < -0.3 is 19.9 Å². The van der Waals surface area contributed by atoms with Gasteiger partial charge in [0.2, 0.25) is 11.8 Å². The molecule has 2 aliphatic rings. The summed E-state index contributed by atoms with van der Waals surface area (Å²) in [5.74, 6) is -0.362. The lowest BCUT2D eigenvalue weighted by Crippen LogP contribution is -2.36. The fourth-order valence-electron chi connectivity index (χ4n) is 3.19. The van der Waals surface area contributed by atoms with Crippen molar-refractivity contribution < 1.29 is 19.1 Å². The van der Waals surface area contributed by atoms with E-state index in [0.29, 0.717) is 19.6 Å². The SMILES string of the molecule is CN1CC(=O)N(CCCC(=O)Nc2cc(Br)ccc2N2CCOCC2)C1=O. The number of nitrogens with zero attached hydrogens (tertiary/aromatic N) is 3. The predicted molar refractivity (Wildman–Crippen MR) is 105 cm³/mol. The molecule has 146 valence electrons. The number of benzene rings is 1. The van der Waals surface area contributed by atoms with E-state index in [-0.39, 0.29) is 37.4 Å². The summed E-state index contributed by atoms with van der Waals surface area (Å²) in [5.41, 5.74) is 1.70. The van der Waals surface area contributed by atoms with Crippen LogP contribution in [0.1, 0.15) is 12.8 Å². The van der Waals surface area contributed by atoms with Crippen LogP contribution >= 0.6 is 15.9 Å². The molecule has 4 amide bonds. The number of likely N-dealkylation sites (N-methyl/N-ethyl adjacent to an activating group) is 1. The highest BCUT2D eigenvalue weighted by Gasteiger charge is 2.32. The molecular weight excluding hydrogens is 416 g/mol. The topological polar surface area (TPSA) is 82.2 Å². The van der Waals surface area contributed by atoms with Gasteiger partial charge in [0, 0.05) is 37.6 Å². The molecule has 2 saturated heterocycles. The van der Waals surface area contributed by atoms with Gasteiger partial charge in [-0.25, -0.2) is 4.79 Å². The number of carbonyl (C=O) groups is 3. The molecule has 0 spiro atoms. The maximum atomic E-state index is 12.4. The van der Waals surface area contributed by atoms with Crippen molar-refractivity contribution >= 4 is 45.2 Å². The molecule has 0 radical (unpaired) electrons. The third kappa shape index (κ3) is 4.78. The van der Waals surface area contributed by atoms with Crippen molar-refractivity contribution in [3.05, 3.63) is 22.7 Å². The van der Waals surface area contributed by atoms with E-state index in [9.17, 15) is 14.4 Å². The largest absolute Gasteiger partial charge is 0.378 e. The number of morpholine rings is 1. The number of anilines is 2. The molecule has 0 unspecified atom stereocenters. The first kappa shape index (κ1) is 19.6. The van der Waals surface area contributed by atoms with Gasteiger partial charge in [-0.2, -0.15) is 0 Å².